The van der Waals surface area contributed by atoms with Gasteiger partial charge in [0, 0.05) is 9.86 Å². The summed E-state index contributed by atoms with van der Waals surface area (Å²) in [5, 5.41) is 0.922. The van der Waals surface area contributed by atoms with Gasteiger partial charge in [-0.15, -0.1) is 0 Å². The van der Waals surface area contributed by atoms with E-state index in [-0.39, 0.29) is 6.10 Å². The van der Waals surface area contributed by atoms with Gasteiger partial charge < -0.3 is 15.2 Å². The van der Waals surface area contributed by atoms with Crippen LogP contribution >= 0.6 is 15.9 Å². The van der Waals surface area contributed by atoms with Crippen molar-refractivity contribution < 1.29 is 9.47 Å². The lowest BCUT2D eigenvalue weighted by molar-refractivity contribution is -0.0788. The number of nitrogen functional groups attached to an aromatic ring is 1. The number of pyridine rings is 1. The van der Waals surface area contributed by atoms with Crippen molar-refractivity contribution >= 4 is 32.5 Å². The van der Waals surface area contributed by atoms with E-state index >= 15 is 0 Å². The molecule has 1 fully saturated rings. The third-order valence-corrected chi connectivity index (χ3v) is 3.19. The van der Waals surface area contributed by atoms with Crippen molar-refractivity contribution in [1.29, 1.82) is 0 Å². The van der Waals surface area contributed by atoms with Crippen molar-refractivity contribution in [2.45, 2.75) is 6.10 Å². The normalized spacial score (nSPS) is 15.8. The van der Waals surface area contributed by atoms with Gasteiger partial charge in [-0.2, -0.15) is 0 Å². The van der Waals surface area contributed by atoms with Gasteiger partial charge in [0.1, 0.15) is 6.10 Å². The van der Waals surface area contributed by atoms with Gasteiger partial charge in [0.2, 0.25) is 0 Å². The third kappa shape index (κ3) is 1.96. The highest BCUT2D eigenvalue weighted by Crippen LogP contribution is 2.33. The van der Waals surface area contributed by atoms with Crippen molar-refractivity contribution in [3.8, 4) is 5.75 Å². The second-order valence-electron chi connectivity index (χ2n) is 3.98. The van der Waals surface area contributed by atoms with E-state index in [2.05, 4.69) is 20.9 Å². The molecule has 1 saturated heterocycles. The van der Waals surface area contributed by atoms with Crippen LogP contribution in [0.4, 0.5) is 5.69 Å². The van der Waals surface area contributed by atoms with E-state index in [0.717, 1.165) is 15.4 Å². The number of benzene rings is 1. The molecule has 0 atom stereocenters. The number of nitrogens with two attached hydrogens (primary N) is 1. The summed E-state index contributed by atoms with van der Waals surface area (Å²) in [5.41, 5.74) is 7.35. The summed E-state index contributed by atoms with van der Waals surface area (Å²) in [6.07, 6.45) is 1.73. The molecular formula is C12H11BrN2O2. The van der Waals surface area contributed by atoms with E-state index in [1.165, 1.54) is 0 Å². The first-order valence-electron chi connectivity index (χ1n) is 5.32. The van der Waals surface area contributed by atoms with Crippen LogP contribution in [0.3, 0.4) is 0 Å². The van der Waals surface area contributed by atoms with Gasteiger partial charge in [-0.25, -0.2) is 0 Å². The minimum absolute atomic E-state index is 0.0990. The second-order valence-corrected chi connectivity index (χ2v) is 4.90. The maximum Gasteiger partial charge on any atom is 0.153 e. The number of hydrogen-bond acceptors (Lipinski definition) is 4. The Labute approximate surface area is 107 Å². The Kier molecular flexibility index (Phi) is 2.64. The molecule has 2 aromatic rings. The van der Waals surface area contributed by atoms with Gasteiger partial charge in [-0.05, 0) is 18.2 Å². The van der Waals surface area contributed by atoms with Crippen molar-refractivity contribution in [2.24, 2.45) is 0 Å². The Morgan fingerprint density at radius 1 is 1.41 bits per heavy atom. The number of ether oxygens (including phenoxy) is 2. The highest BCUT2D eigenvalue weighted by molar-refractivity contribution is 9.10. The lowest BCUT2D eigenvalue weighted by Crippen LogP contribution is -2.38. The molecule has 3 rings (SSSR count). The van der Waals surface area contributed by atoms with Crippen LogP contribution in [0.2, 0.25) is 0 Å². The SMILES string of the molecule is Nc1cnc2ccc(Br)cc2c1OC1COC1. The number of nitrogens with zero attached hydrogens (tertiary/aromatic N) is 1. The van der Waals surface area contributed by atoms with Crippen LogP contribution in [0.15, 0.2) is 28.9 Å². The molecule has 1 aromatic carbocycles. The van der Waals surface area contributed by atoms with Crippen LogP contribution in [0.5, 0.6) is 5.75 Å². The highest BCUT2D eigenvalue weighted by Gasteiger charge is 2.22. The van der Waals surface area contributed by atoms with Crippen LogP contribution in [-0.2, 0) is 4.74 Å². The Hall–Kier alpha value is -1.33. The molecule has 0 unspecified atom stereocenters. The summed E-state index contributed by atoms with van der Waals surface area (Å²) < 4.78 is 11.9. The van der Waals surface area contributed by atoms with E-state index in [4.69, 9.17) is 15.2 Å². The Bertz CT molecular complexity index is 564. The molecule has 2 N–H and O–H groups in total. The Morgan fingerprint density at radius 3 is 2.94 bits per heavy atom. The molecule has 0 aliphatic carbocycles. The number of fused-ring (bicyclic) bond motifs is 1. The minimum atomic E-state index is 0.0990. The summed E-state index contributed by atoms with van der Waals surface area (Å²) in [6.45, 7) is 1.24. The molecule has 0 radical (unpaired) electrons. The maximum atomic E-state index is 5.92. The highest BCUT2D eigenvalue weighted by atomic mass is 79.9. The van der Waals surface area contributed by atoms with E-state index < -0.39 is 0 Å². The zero-order chi connectivity index (χ0) is 11.8. The standard InChI is InChI=1S/C12H11BrN2O2/c13-7-1-2-11-9(3-7)12(10(14)4-15-11)17-8-5-16-6-8/h1-4,8H,5-6,14H2. The molecule has 2 heterocycles. The first kappa shape index (κ1) is 10.8. The molecule has 88 valence electrons. The smallest absolute Gasteiger partial charge is 0.153 e. The quantitative estimate of drug-likeness (QED) is 0.924. The molecule has 0 spiro atoms. The monoisotopic (exact) mass is 294 g/mol. The Balaban J connectivity index is 2.11. The number of anilines is 1. The number of halogens is 1. The molecule has 0 saturated carbocycles. The average Bonchev–Trinajstić information content (AvgIpc) is 2.25. The number of hydrogen-bond donors (Lipinski definition) is 1. The molecular weight excluding hydrogens is 284 g/mol. The molecule has 1 aromatic heterocycles. The maximum absolute atomic E-state index is 5.92. The summed E-state index contributed by atoms with van der Waals surface area (Å²) in [7, 11) is 0. The van der Waals surface area contributed by atoms with Crippen molar-refractivity contribution in [1.82, 2.24) is 4.98 Å². The third-order valence-electron chi connectivity index (χ3n) is 2.70. The van der Waals surface area contributed by atoms with Crippen LogP contribution in [0, 0.1) is 0 Å². The van der Waals surface area contributed by atoms with Crippen LogP contribution in [-0.4, -0.2) is 24.3 Å². The number of rotatable bonds is 2. The molecule has 0 bridgehead atoms. The fourth-order valence-electron chi connectivity index (χ4n) is 1.74. The molecule has 5 heteroatoms. The lowest BCUT2D eigenvalue weighted by Gasteiger charge is -2.27. The summed E-state index contributed by atoms with van der Waals surface area (Å²) >= 11 is 3.44. The molecule has 17 heavy (non-hydrogen) atoms. The first-order valence-corrected chi connectivity index (χ1v) is 6.11. The molecule has 1 aliphatic rings. The average molecular weight is 295 g/mol. The van der Waals surface area contributed by atoms with Crippen LogP contribution < -0.4 is 10.5 Å². The fraction of sp³-hybridized carbons (Fsp3) is 0.250. The van der Waals surface area contributed by atoms with E-state index in [0.29, 0.717) is 24.7 Å². The van der Waals surface area contributed by atoms with Gasteiger partial charge in [0.25, 0.3) is 0 Å². The van der Waals surface area contributed by atoms with Gasteiger partial charge >= 0.3 is 0 Å². The van der Waals surface area contributed by atoms with Crippen molar-refractivity contribution in [3.63, 3.8) is 0 Å². The molecule has 0 amide bonds. The van der Waals surface area contributed by atoms with E-state index in [9.17, 15) is 0 Å². The van der Waals surface area contributed by atoms with Crippen molar-refractivity contribution in [3.05, 3.63) is 28.9 Å². The molecule has 1 aliphatic heterocycles. The summed E-state index contributed by atoms with van der Waals surface area (Å²) in [4.78, 5) is 4.28. The van der Waals surface area contributed by atoms with Gasteiger partial charge in [0.05, 0.1) is 30.6 Å². The zero-order valence-corrected chi connectivity index (χ0v) is 10.6. The van der Waals surface area contributed by atoms with Crippen LogP contribution in [0.25, 0.3) is 10.9 Å². The first-order chi connectivity index (χ1) is 8.24. The summed E-state index contributed by atoms with van der Waals surface area (Å²) in [6, 6.07) is 5.85. The van der Waals surface area contributed by atoms with Crippen molar-refractivity contribution in [2.75, 3.05) is 18.9 Å². The van der Waals surface area contributed by atoms with Gasteiger partial charge in [-0.3, -0.25) is 4.98 Å². The summed E-state index contributed by atoms with van der Waals surface area (Å²) in [5.74, 6) is 0.699. The minimum Gasteiger partial charge on any atom is -0.483 e. The lowest BCUT2D eigenvalue weighted by atomic mass is 10.2. The van der Waals surface area contributed by atoms with Gasteiger partial charge in [0.15, 0.2) is 5.75 Å². The Morgan fingerprint density at radius 2 is 2.24 bits per heavy atom. The number of aromatic nitrogens is 1. The molecule has 4 nitrogen and oxygen atoms in total. The van der Waals surface area contributed by atoms with E-state index in [1.807, 2.05) is 18.2 Å². The van der Waals surface area contributed by atoms with Crippen LogP contribution in [0.1, 0.15) is 0 Å². The largest absolute Gasteiger partial charge is 0.483 e. The second kappa shape index (κ2) is 4.16. The van der Waals surface area contributed by atoms with Gasteiger partial charge in [-0.1, -0.05) is 15.9 Å². The zero-order valence-electron chi connectivity index (χ0n) is 9.02. The van der Waals surface area contributed by atoms with E-state index in [1.54, 1.807) is 6.20 Å². The predicted molar refractivity (Wildman–Crippen MR) is 69.1 cm³/mol. The fourth-order valence-corrected chi connectivity index (χ4v) is 2.10. The topological polar surface area (TPSA) is 57.4 Å². The predicted octanol–water partition coefficient (Wildman–Crippen LogP) is 2.36.